The van der Waals surface area contributed by atoms with Crippen molar-refractivity contribution in [3.63, 3.8) is 0 Å². The van der Waals surface area contributed by atoms with Crippen molar-refractivity contribution in [2.24, 2.45) is 23.3 Å². The number of phenolic OH excluding ortho intramolecular Hbond substituents is 1. The average Bonchev–Trinajstić information content (AvgIpc) is 2.86. The summed E-state index contributed by atoms with van der Waals surface area (Å²) in [5, 5.41) is 48.7. The van der Waals surface area contributed by atoms with Crippen molar-refractivity contribution in [3.8, 4) is 5.75 Å². The van der Waals surface area contributed by atoms with Gasteiger partial charge in [-0.1, -0.05) is 0 Å². The van der Waals surface area contributed by atoms with Crippen LogP contribution in [0.2, 0.25) is 0 Å². The second-order valence-corrected chi connectivity index (χ2v) is 11.4. The first-order valence-electron chi connectivity index (χ1n) is 13.3. The second kappa shape index (κ2) is 10.8. The van der Waals surface area contributed by atoms with Crippen LogP contribution in [-0.4, -0.2) is 95.1 Å². The third kappa shape index (κ3) is 4.73. The zero-order chi connectivity index (χ0) is 30.5. The molecule has 0 aliphatic heterocycles. The Bertz CT molecular complexity index is 1400. The number of amides is 2. The Morgan fingerprint density at radius 1 is 1.12 bits per heavy atom. The fourth-order valence-electron chi connectivity index (χ4n) is 6.49. The summed E-state index contributed by atoms with van der Waals surface area (Å²) < 4.78 is 0. The molecule has 13 heteroatoms. The first kappa shape index (κ1) is 30.0. The van der Waals surface area contributed by atoms with Gasteiger partial charge in [-0.25, -0.2) is 0 Å². The van der Waals surface area contributed by atoms with E-state index in [1.165, 1.54) is 4.90 Å². The minimum absolute atomic E-state index is 0.0164. The van der Waals surface area contributed by atoms with Gasteiger partial charge >= 0.3 is 0 Å². The van der Waals surface area contributed by atoms with Gasteiger partial charge in [0.2, 0.25) is 11.7 Å². The van der Waals surface area contributed by atoms with Gasteiger partial charge in [0, 0.05) is 49.8 Å². The Hall–Kier alpha value is -3.94. The van der Waals surface area contributed by atoms with E-state index in [0.717, 1.165) is 0 Å². The van der Waals surface area contributed by atoms with Crippen LogP contribution < -0.4 is 21.7 Å². The Kier molecular flexibility index (Phi) is 7.91. The zero-order valence-electron chi connectivity index (χ0n) is 23.5. The number of phenols is 1. The van der Waals surface area contributed by atoms with Crippen molar-refractivity contribution >= 4 is 34.8 Å². The lowest BCUT2D eigenvalue weighted by atomic mass is 9.57. The quantitative estimate of drug-likeness (QED) is 0.146. The molecule has 0 radical (unpaired) electrons. The number of carbonyl (C=O) groups is 4. The minimum atomic E-state index is -2.69. The van der Waals surface area contributed by atoms with E-state index in [9.17, 15) is 39.6 Å². The summed E-state index contributed by atoms with van der Waals surface area (Å²) in [5.41, 5.74) is 8.52. The number of Topliss-reactive ketones (excluding diaryl/α,β-unsaturated/α-hetero) is 2. The van der Waals surface area contributed by atoms with Crippen LogP contribution in [0.15, 0.2) is 23.0 Å². The number of anilines is 1. The number of benzene rings is 1. The first-order chi connectivity index (χ1) is 19.1. The number of carbonyl (C=O) groups excluding carboxylic acids is 4. The van der Waals surface area contributed by atoms with Gasteiger partial charge in [0.15, 0.2) is 11.4 Å². The summed E-state index contributed by atoms with van der Waals surface area (Å²) in [7, 11) is 6.71. The van der Waals surface area contributed by atoms with E-state index in [1.807, 2.05) is 4.90 Å². The van der Waals surface area contributed by atoms with Crippen LogP contribution in [0, 0.1) is 11.8 Å². The number of nitrogens with zero attached hydrogens (tertiary/aromatic N) is 2. The van der Waals surface area contributed by atoms with E-state index in [-0.39, 0.29) is 42.7 Å². The molecule has 1 fully saturated rings. The van der Waals surface area contributed by atoms with Crippen molar-refractivity contribution < 1.29 is 39.6 Å². The van der Waals surface area contributed by atoms with Gasteiger partial charge in [0.25, 0.3) is 5.91 Å². The summed E-state index contributed by atoms with van der Waals surface area (Å²) in [5.74, 6) is -7.29. The number of nitrogens with one attached hydrogen (secondary N) is 1. The molecule has 0 heterocycles. The van der Waals surface area contributed by atoms with Crippen molar-refractivity contribution in [1.29, 1.82) is 0 Å². The molecule has 0 aromatic heterocycles. The van der Waals surface area contributed by atoms with Gasteiger partial charge in [-0.05, 0) is 57.5 Å². The smallest absolute Gasteiger partial charge is 0.255 e. The van der Waals surface area contributed by atoms with Gasteiger partial charge in [-0.3, -0.25) is 24.1 Å². The SMILES string of the molecule is CN(C)c1cc(CNCCCC(N)=O)c(O)c2c1C[C@H]1C[C@H]3[C@H](N(C)C)C(=O)C(C(N)=O)=C(O)[C@@]3(O)C(=O)C1=C2O. The van der Waals surface area contributed by atoms with Crippen LogP contribution >= 0.6 is 0 Å². The number of likely N-dealkylation sites (N-methyl/N-ethyl adjacent to an activating group) is 1. The van der Waals surface area contributed by atoms with Gasteiger partial charge in [0.05, 0.1) is 11.6 Å². The molecule has 3 aliphatic rings. The molecule has 222 valence electrons. The fraction of sp³-hybridized carbons (Fsp3) is 0.500. The number of hydrogen-bond donors (Lipinski definition) is 7. The number of hydrogen-bond acceptors (Lipinski definition) is 11. The molecule has 4 rings (SSSR count). The van der Waals surface area contributed by atoms with Crippen LogP contribution in [-0.2, 0) is 32.1 Å². The highest BCUT2D eigenvalue weighted by Gasteiger charge is 2.64. The summed E-state index contributed by atoms with van der Waals surface area (Å²) in [6.07, 6.45) is 0.906. The lowest BCUT2D eigenvalue weighted by Crippen LogP contribution is -2.65. The van der Waals surface area contributed by atoms with Crippen molar-refractivity contribution in [1.82, 2.24) is 10.2 Å². The molecule has 0 spiro atoms. The maximum absolute atomic E-state index is 14.0. The Morgan fingerprint density at radius 3 is 2.34 bits per heavy atom. The second-order valence-electron chi connectivity index (χ2n) is 11.4. The van der Waals surface area contributed by atoms with Gasteiger partial charge in [-0.15, -0.1) is 0 Å². The van der Waals surface area contributed by atoms with E-state index >= 15 is 0 Å². The van der Waals surface area contributed by atoms with Gasteiger partial charge < -0.3 is 42.1 Å². The van der Waals surface area contributed by atoms with Crippen LogP contribution in [0.4, 0.5) is 5.69 Å². The molecular weight excluding hydrogens is 534 g/mol. The zero-order valence-corrected chi connectivity index (χ0v) is 23.5. The molecule has 3 aliphatic carbocycles. The molecule has 1 aromatic carbocycles. The topological polar surface area (TPSA) is 220 Å². The van der Waals surface area contributed by atoms with Crippen molar-refractivity contribution in [2.75, 3.05) is 39.6 Å². The molecule has 1 aromatic rings. The molecular formula is C28H37N5O8. The van der Waals surface area contributed by atoms with Crippen LogP contribution in [0.3, 0.4) is 0 Å². The first-order valence-corrected chi connectivity index (χ1v) is 13.3. The molecule has 13 nitrogen and oxygen atoms in total. The number of fused-ring (bicyclic) bond motifs is 3. The third-order valence-corrected chi connectivity index (χ3v) is 8.35. The molecule has 0 saturated heterocycles. The standard InChI is InChI=1S/C28H37N5O8/c1-32(2)16-10-13(11-31-7-5-6-17(29)34)22(35)19-14(16)8-12-9-15-21(33(3)4)24(37)20(27(30)40)26(39)28(15,41)25(38)18(12)23(19)36/h10,12,15,21,31,35-36,39,41H,5-9,11H2,1-4H3,(H2,29,34)(H2,30,40)/t12-,15-,21-,28-/m0/s1. The average molecular weight is 572 g/mol. The monoisotopic (exact) mass is 571 g/mol. The highest BCUT2D eigenvalue weighted by Crippen LogP contribution is 2.54. The summed E-state index contributed by atoms with van der Waals surface area (Å²) in [6, 6.07) is 0.631. The maximum Gasteiger partial charge on any atom is 0.255 e. The molecule has 41 heavy (non-hydrogen) atoms. The number of rotatable bonds is 9. The number of primary amides is 2. The number of ketones is 2. The van der Waals surface area contributed by atoms with Crippen molar-refractivity contribution in [3.05, 3.63) is 39.7 Å². The lowest BCUT2D eigenvalue weighted by Gasteiger charge is -2.50. The van der Waals surface area contributed by atoms with E-state index in [0.29, 0.717) is 29.8 Å². The molecule has 2 amide bonds. The highest BCUT2D eigenvalue weighted by atomic mass is 16.3. The summed E-state index contributed by atoms with van der Waals surface area (Å²) in [6.45, 7) is 0.626. The van der Waals surface area contributed by atoms with Gasteiger partial charge in [0.1, 0.15) is 22.8 Å². The Balaban J connectivity index is 1.85. The summed E-state index contributed by atoms with van der Waals surface area (Å²) in [4.78, 5) is 53.7. The predicted octanol–water partition coefficient (Wildman–Crippen LogP) is -0.615. The number of nitrogens with two attached hydrogens (primary N) is 2. The largest absolute Gasteiger partial charge is 0.508 e. The van der Waals surface area contributed by atoms with Crippen molar-refractivity contribution in [2.45, 2.75) is 43.9 Å². The predicted molar refractivity (Wildman–Crippen MR) is 149 cm³/mol. The van der Waals surface area contributed by atoms with Gasteiger partial charge in [-0.2, -0.15) is 0 Å². The lowest BCUT2D eigenvalue weighted by molar-refractivity contribution is -0.153. The maximum atomic E-state index is 14.0. The third-order valence-electron chi connectivity index (χ3n) is 8.35. The molecule has 9 N–H and O–H groups in total. The Morgan fingerprint density at radius 2 is 1.78 bits per heavy atom. The van der Waals surface area contributed by atoms with Crippen LogP contribution in [0.5, 0.6) is 5.75 Å². The summed E-state index contributed by atoms with van der Waals surface area (Å²) >= 11 is 0. The molecule has 0 bridgehead atoms. The normalized spacial score (nSPS) is 25.7. The van der Waals surface area contributed by atoms with E-state index in [2.05, 4.69) is 5.32 Å². The number of aliphatic hydroxyl groups is 3. The Labute approximate surface area is 237 Å². The molecule has 1 saturated carbocycles. The minimum Gasteiger partial charge on any atom is -0.508 e. The number of aromatic hydroxyl groups is 1. The van der Waals surface area contributed by atoms with E-state index in [1.54, 1.807) is 34.3 Å². The fourth-order valence-corrected chi connectivity index (χ4v) is 6.49. The highest BCUT2D eigenvalue weighted by molar-refractivity contribution is 6.24. The van der Waals surface area contributed by atoms with Crippen LogP contribution in [0.1, 0.15) is 36.0 Å². The van der Waals surface area contributed by atoms with E-state index < -0.39 is 64.0 Å². The van der Waals surface area contributed by atoms with Crippen LogP contribution in [0.25, 0.3) is 5.76 Å². The molecule has 0 unspecified atom stereocenters. The van der Waals surface area contributed by atoms with E-state index in [4.69, 9.17) is 11.5 Å². The number of aliphatic hydroxyl groups excluding tert-OH is 2. The molecule has 4 atom stereocenters.